The van der Waals surface area contributed by atoms with Gasteiger partial charge in [0.15, 0.2) is 0 Å². The zero-order valence-electron chi connectivity index (χ0n) is 12.1. The Morgan fingerprint density at radius 2 is 2.24 bits per heavy atom. The van der Waals surface area contributed by atoms with Gasteiger partial charge in [-0.05, 0) is 19.8 Å². The molecule has 0 bridgehead atoms. The van der Waals surface area contributed by atoms with Crippen LogP contribution in [0.3, 0.4) is 0 Å². The predicted molar refractivity (Wildman–Crippen MR) is 79.2 cm³/mol. The Bertz CT molecular complexity index is 577. The first-order valence-electron chi connectivity index (χ1n) is 7.23. The molecular weight excluding hydrogens is 266 g/mol. The van der Waals surface area contributed by atoms with Crippen LogP contribution in [0.25, 0.3) is 0 Å². The fourth-order valence-electron chi connectivity index (χ4n) is 2.59. The maximum Gasteiger partial charge on any atom is 0.232 e. The number of aromatic nitrogens is 4. The second kappa shape index (κ2) is 6.47. The highest BCUT2D eigenvalue weighted by Crippen LogP contribution is 2.22. The number of rotatable bonds is 4. The van der Waals surface area contributed by atoms with Gasteiger partial charge in [-0.3, -0.25) is 4.98 Å². The maximum absolute atomic E-state index is 5.72. The molecule has 1 unspecified atom stereocenters. The van der Waals surface area contributed by atoms with Gasteiger partial charge in [-0.25, -0.2) is 15.0 Å². The summed E-state index contributed by atoms with van der Waals surface area (Å²) in [6.07, 6.45) is 8.88. The van der Waals surface area contributed by atoms with Gasteiger partial charge < -0.3 is 9.64 Å². The average Bonchev–Trinajstić information content (AvgIpc) is 2.54. The van der Waals surface area contributed by atoms with Crippen LogP contribution < -0.4 is 9.64 Å². The number of piperidine rings is 1. The maximum atomic E-state index is 5.72. The van der Waals surface area contributed by atoms with Gasteiger partial charge >= 0.3 is 0 Å². The van der Waals surface area contributed by atoms with E-state index in [0.29, 0.717) is 18.4 Å². The average molecular weight is 285 g/mol. The summed E-state index contributed by atoms with van der Waals surface area (Å²) in [6, 6.07) is 2.03. The van der Waals surface area contributed by atoms with E-state index in [2.05, 4.69) is 24.8 Å². The van der Waals surface area contributed by atoms with E-state index < -0.39 is 0 Å². The first kappa shape index (κ1) is 13.7. The summed E-state index contributed by atoms with van der Waals surface area (Å²) in [5.41, 5.74) is 0.998. The van der Waals surface area contributed by atoms with Crippen LogP contribution in [0.2, 0.25) is 0 Å². The third-order valence-corrected chi connectivity index (χ3v) is 3.64. The van der Waals surface area contributed by atoms with Crippen LogP contribution in [0, 0.1) is 12.8 Å². The highest BCUT2D eigenvalue weighted by atomic mass is 16.5. The van der Waals surface area contributed by atoms with Gasteiger partial charge in [0.2, 0.25) is 5.88 Å². The van der Waals surface area contributed by atoms with Gasteiger partial charge in [-0.2, -0.15) is 0 Å². The summed E-state index contributed by atoms with van der Waals surface area (Å²) in [5, 5.41) is 0. The molecule has 1 atom stereocenters. The molecule has 2 aromatic rings. The highest BCUT2D eigenvalue weighted by Gasteiger charge is 2.21. The standard InChI is InChI=1S/C15H19N5O/c1-12-7-14(19-11-18-12)20-6-2-3-13(9-20)10-21-15-8-16-4-5-17-15/h4-5,7-8,11,13H,2-3,6,9-10H2,1H3. The van der Waals surface area contributed by atoms with E-state index in [9.17, 15) is 0 Å². The number of hydrogen-bond acceptors (Lipinski definition) is 6. The molecule has 1 saturated heterocycles. The lowest BCUT2D eigenvalue weighted by atomic mass is 9.99. The Hall–Kier alpha value is -2.24. The Balaban J connectivity index is 1.58. The minimum atomic E-state index is 0.482. The van der Waals surface area contributed by atoms with E-state index in [4.69, 9.17) is 4.74 Å². The van der Waals surface area contributed by atoms with Gasteiger partial charge in [0, 0.05) is 43.2 Å². The largest absolute Gasteiger partial charge is 0.476 e. The summed E-state index contributed by atoms with van der Waals surface area (Å²) in [4.78, 5) is 19.0. The molecule has 1 fully saturated rings. The third-order valence-electron chi connectivity index (χ3n) is 3.64. The number of hydrogen-bond donors (Lipinski definition) is 0. The van der Waals surface area contributed by atoms with E-state index >= 15 is 0 Å². The lowest BCUT2D eigenvalue weighted by Gasteiger charge is -2.33. The second-order valence-corrected chi connectivity index (χ2v) is 5.33. The van der Waals surface area contributed by atoms with E-state index in [1.807, 2.05) is 13.0 Å². The Kier molecular flexibility index (Phi) is 4.23. The summed E-state index contributed by atoms with van der Waals surface area (Å²) in [6.45, 7) is 4.65. The molecule has 110 valence electrons. The number of anilines is 1. The van der Waals surface area contributed by atoms with E-state index in [1.165, 1.54) is 6.42 Å². The summed E-state index contributed by atoms with van der Waals surface area (Å²) in [5.74, 6) is 2.08. The van der Waals surface area contributed by atoms with Crippen molar-refractivity contribution in [1.82, 2.24) is 19.9 Å². The van der Waals surface area contributed by atoms with Gasteiger partial charge in [0.1, 0.15) is 12.1 Å². The molecule has 21 heavy (non-hydrogen) atoms. The molecule has 6 nitrogen and oxygen atoms in total. The smallest absolute Gasteiger partial charge is 0.232 e. The van der Waals surface area contributed by atoms with Crippen LogP contribution in [0.1, 0.15) is 18.5 Å². The summed E-state index contributed by atoms with van der Waals surface area (Å²) < 4.78 is 5.72. The molecule has 1 aliphatic heterocycles. The van der Waals surface area contributed by atoms with Crippen molar-refractivity contribution in [1.29, 1.82) is 0 Å². The Morgan fingerprint density at radius 3 is 3.05 bits per heavy atom. The van der Waals surface area contributed by atoms with Crippen LogP contribution in [0.4, 0.5) is 5.82 Å². The lowest BCUT2D eigenvalue weighted by Crippen LogP contribution is -2.38. The molecule has 0 spiro atoms. The van der Waals surface area contributed by atoms with Crippen molar-refractivity contribution in [3.05, 3.63) is 36.7 Å². The van der Waals surface area contributed by atoms with E-state index in [1.54, 1.807) is 24.9 Å². The molecular formula is C15H19N5O. The fourth-order valence-corrected chi connectivity index (χ4v) is 2.59. The minimum Gasteiger partial charge on any atom is -0.476 e. The van der Waals surface area contributed by atoms with Gasteiger partial charge in [-0.1, -0.05) is 0 Å². The summed E-state index contributed by atoms with van der Waals surface area (Å²) in [7, 11) is 0. The zero-order chi connectivity index (χ0) is 14.5. The van der Waals surface area contributed by atoms with Crippen molar-refractivity contribution in [3.63, 3.8) is 0 Å². The van der Waals surface area contributed by atoms with Gasteiger partial charge in [0.25, 0.3) is 0 Å². The van der Waals surface area contributed by atoms with E-state index in [-0.39, 0.29) is 0 Å². The number of ether oxygens (including phenoxy) is 1. The molecule has 1 aliphatic rings. The van der Waals surface area contributed by atoms with Crippen molar-refractivity contribution < 1.29 is 4.74 Å². The van der Waals surface area contributed by atoms with Crippen LogP contribution in [-0.4, -0.2) is 39.6 Å². The third kappa shape index (κ3) is 3.65. The van der Waals surface area contributed by atoms with Crippen molar-refractivity contribution in [2.45, 2.75) is 19.8 Å². The van der Waals surface area contributed by atoms with Gasteiger partial charge in [-0.15, -0.1) is 0 Å². The molecule has 0 radical (unpaired) electrons. The van der Waals surface area contributed by atoms with Crippen LogP contribution in [0.15, 0.2) is 31.0 Å². The first-order valence-corrected chi connectivity index (χ1v) is 7.23. The second-order valence-electron chi connectivity index (χ2n) is 5.33. The minimum absolute atomic E-state index is 0.482. The van der Waals surface area contributed by atoms with Crippen LogP contribution in [0.5, 0.6) is 5.88 Å². The molecule has 0 aromatic carbocycles. The molecule has 6 heteroatoms. The quantitative estimate of drug-likeness (QED) is 0.854. The van der Waals surface area contributed by atoms with E-state index in [0.717, 1.165) is 31.0 Å². The molecule has 0 saturated carbocycles. The predicted octanol–water partition coefficient (Wildman–Crippen LogP) is 1.87. The SMILES string of the molecule is Cc1cc(N2CCCC(COc3cnccn3)C2)ncn1. The molecule has 0 aliphatic carbocycles. The number of aryl methyl sites for hydroxylation is 1. The molecule has 2 aromatic heterocycles. The molecule has 0 amide bonds. The molecule has 3 rings (SSSR count). The number of nitrogens with zero attached hydrogens (tertiary/aromatic N) is 5. The van der Waals surface area contributed by atoms with Crippen LogP contribution in [-0.2, 0) is 0 Å². The Labute approximate surface area is 124 Å². The van der Waals surface area contributed by atoms with Crippen molar-refractivity contribution >= 4 is 5.82 Å². The highest BCUT2D eigenvalue weighted by molar-refractivity contribution is 5.39. The zero-order valence-corrected chi connectivity index (χ0v) is 12.1. The van der Waals surface area contributed by atoms with Gasteiger partial charge in [0.05, 0.1) is 12.8 Å². The fraction of sp³-hybridized carbons (Fsp3) is 0.467. The summed E-state index contributed by atoms with van der Waals surface area (Å²) >= 11 is 0. The first-order chi connectivity index (χ1) is 10.3. The van der Waals surface area contributed by atoms with Crippen LogP contribution >= 0.6 is 0 Å². The molecule has 0 N–H and O–H groups in total. The molecule has 3 heterocycles. The lowest BCUT2D eigenvalue weighted by molar-refractivity contribution is 0.221. The van der Waals surface area contributed by atoms with Crippen molar-refractivity contribution in [2.75, 3.05) is 24.6 Å². The Morgan fingerprint density at radius 1 is 1.29 bits per heavy atom. The normalized spacial score (nSPS) is 18.5. The topological polar surface area (TPSA) is 64.0 Å². The monoisotopic (exact) mass is 285 g/mol. The van der Waals surface area contributed by atoms with Crippen molar-refractivity contribution in [3.8, 4) is 5.88 Å². The van der Waals surface area contributed by atoms with Crippen molar-refractivity contribution in [2.24, 2.45) is 5.92 Å².